The van der Waals surface area contributed by atoms with Crippen LogP contribution in [0.25, 0.3) is 0 Å². The van der Waals surface area contributed by atoms with Crippen molar-refractivity contribution >= 4 is 34.8 Å². The van der Waals surface area contributed by atoms with Crippen molar-refractivity contribution in [2.24, 2.45) is 5.73 Å². The average molecular weight is 534 g/mol. The Kier molecular flexibility index (Phi) is 8.77. The fourth-order valence-electron chi connectivity index (χ4n) is 3.94. The fraction of sp³-hybridized carbons (Fsp3) is 0.214. The second kappa shape index (κ2) is 12.4. The highest BCUT2D eigenvalue weighted by molar-refractivity contribution is 8.15. The number of imide groups is 1. The number of benzene rings is 3. The number of thioether (sulfide) groups is 1. The Morgan fingerprint density at radius 1 is 0.895 bits per heavy atom. The van der Waals surface area contributed by atoms with E-state index < -0.39 is 29.2 Å². The van der Waals surface area contributed by atoms with Crippen LogP contribution in [0.2, 0.25) is 0 Å². The first-order chi connectivity index (χ1) is 18.3. The van der Waals surface area contributed by atoms with Gasteiger partial charge in [0.25, 0.3) is 5.24 Å². The van der Waals surface area contributed by atoms with Crippen molar-refractivity contribution < 1.29 is 29.0 Å². The van der Waals surface area contributed by atoms with E-state index in [1.165, 1.54) is 0 Å². The standard InChI is InChI=1S/C28H27N3O6S/c29-22(25(32)30-23(27(34)35)15-17-4-2-1-3-5-17)14-18-6-10-20(11-7-18)37-21-12-8-19(9-13-21)16-24-26(33)31-28(36)38-24/h1-13,22-24H,14-16,29H2,(H,30,32)(H,34,35)(H,31,33,36). The number of hydrogen-bond donors (Lipinski definition) is 4. The Hall–Kier alpha value is -4.15. The zero-order valence-corrected chi connectivity index (χ0v) is 21.1. The molecule has 9 nitrogen and oxygen atoms in total. The summed E-state index contributed by atoms with van der Waals surface area (Å²) < 4.78 is 5.87. The number of nitrogens with one attached hydrogen (secondary N) is 2. The molecule has 0 spiro atoms. The van der Waals surface area contributed by atoms with Crippen LogP contribution in [0.4, 0.5) is 4.79 Å². The Morgan fingerprint density at radius 3 is 2.03 bits per heavy atom. The number of carbonyl (C=O) groups is 4. The van der Waals surface area contributed by atoms with Gasteiger partial charge in [-0.25, -0.2) is 4.79 Å². The van der Waals surface area contributed by atoms with Crippen LogP contribution >= 0.6 is 11.8 Å². The summed E-state index contributed by atoms with van der Waals surface area (Å²) >= 11 is 0.996. The van der Waals surface area contributed by atoms with Crippen LogP contribution in [0.15, 0.2) is 78.9 Å². The molecule has 5 N–H and O–H groups in total. The summed E-state index contributed by atoms with van der Waals surface area (Å²) in [5.74, 6) is -0.736. The molecule has 3 unspecified atom stereocenters. The van der Waals surface area contributed by atoms with Crippen molar-refractivity contribution in [1.29, 1.82) is 0 Å². The fourth-order valence-corrected chi connectivity index (χ4v) is 4.80. The predicted molar refractivity (Wildman–Crippen MR) is 143 cm³/mol. The first kappa shape index (κ1) is 26.9. The molecule has 1 saturated heterocycles. The lowest BCUT2D eigenvalue weighted by Gasteiger charge is -2.18. The maximum Gasteiger partial charge on any atom is 0.326 e. The first-order valence-electron chi connectivity index (χ1n) is 12.0. The molecule has 0 aromatic heterocycles. The number of nitrogens with two attached hydrogens (primary N) is 1. The van der Waals surface area contributed by atoms with Crippen LogP contribution < -0.4 is 21.1 Å². The van der Waals surface area contributed by atoms with Gasteiger partial charge in [0, 0.05) is 6.42 Å². The Labute approximate surface area is 223 Å². The van der Waals surface area contributed by atoms with E-state index in [0.29, 0.717) is 17.9 Å². The highest BCUT2D eigenvalue weighted by atomic mass is 32.2. The third-order valence-corrected chi connectivity index (χ3v) is 6.94. The van der Waals surface area contributed by atoms with E-state index in [0.717, 1.165) is 28.5 Å². The summed E-state index contributed by atoms with van der Waals surface area (Å²) in [6.45, 7) is 0. The smallest absolute Gasteiger partial charge is 0.326 e. The number of carbonyl (C=O) groups excluding carboxylic acids is 3. The second-order valence-electron chi connectivity index (χ2n) is 8.88. The largest absolute Gasteiger partial charge is 0.480 e. The third-order valence-electron chi connectivity index (χ3n) is 5.96. The molecule has 0 aliphatic carbocycles. The highest BCUT2D eigenvalue weighted by Gasteiger charge is 2.31. The second-order valence-corrected chi connectivity index (χ2v) is 10.1. The molecule has 1 aliphatic rings. The minimum absolute atomic E-state index is 0.163. The summed E-state index contributed by atoms with van der Waals surface area (Å²) in [6.07, 6.45) is 0.842. The summed E-state index contributed by atoms with van der Waals surface area (Å²) in [7, 11) is 0. The summed E-state index contributed by atoms with van der Waals surface area (Å²) in [6, 6.07) is 21.5. The van der Waals surface area contributed by atoms with Crippen molar-refractivity contribution in [3.63, 3.8) is 0 Å². The van der Waals surface area contributed by atoms with Gasteiger partial charge < -0.3 is 20.9 Å². The molecule has 4 rings (SSSR count). The van der Waals surface area contributed by atoms with Crippen LogP contribution in [0, 0.1) is 0 Å². The number of aliphatic carboxylic acids is 1. The molecule has 0 saturated carbocycles. The van der Waals surface area contributed by atoms with Gasteiger partial charge in [-0.05, 0) is 53.8 Å². The van der Waals surface area contributed by atoms with Gasteiger partial charge >= 0.3 is 5.97 Å². The van der Waals surface area contributed by atoms with Gasteiger partial charge in [-0.1, -0.05) is 66.4 Å². The maximum absolute atomic E-state index is 12.6. The first-order valence-corrected chi connectivity index (χ1v) is 12.8. The molecule has 3 atom stereocenters. The molecule has 3 aromatic rings. The van der Waals surface area contributed by atoms with Crippen LogP contribution in [-0.2, 0) is 33.6 Å². The molecule has 3 aromatic carbocycles. The quantitative estimate of drug-likeness (QED) is 0.294. The van der Waals surface area contributed by atoms with Crippen molar-refractivity contribution in [2.45, 2.75) is 36.6 Å². The normalized spacial score (nSPS) is 16.4. The van der Waals surface area contributed by atoms with Gasteiger partial charge in [0.2, 0.25) is 11.8 Å². The summed E-state index contributed by atoms with van der Waals surface area (Å²) in [5, 5.41) is 13.6. The van der Waals surface area contributed by atoms with E-state index in [1.807, 2.05) is 30.3 Å². The number of carboxylic acids is 1. The maximum atomic E-state index is 12.6. The van der Waals surface area contributed by atoms with Crippen LogP contribution in [-0.4, -0.2) is 45.5 Å². The molecule has 3 amide bonds. The molecule has 1 fully saturated rings. The summed E-state index contributed by atoms with van der Waals surface area (Å²) in [4.78, 5) is 47.3. The number of carboxylic acid groups (broad SMARTS) is 1. The highest BCUT2D eigenvalue weighted by Crippen LogP contribution is 2.26. The Balaban J connectivity index is 1.28. The van der Waals surface area contributed by atoms with Crippen molar-refractivity contribution in [3.8, 4) is 11.5 Å². The molecule has 196 valence electrons. The molecular weight excluding hydrogens is 506 g/mol. The summed E-state index contributed by atoms with van der Waals surface area (Å²) in [5.41, 5.74) is 8.57. The van der Waals surface area contributed by atoms with Gasteiger partial charge in [0.1, 0.15) is 17.5 Å². The Morgan fingerprint density at radius 2 is 1.47 bits per heavy atom. The lowest BCUT2D eigenvalue weighted by molar-refractivity contribution is -0.142. The number of rotatable bonds is 11. The molecule has 0 bridgehead atoms. The average Bonchev–Trinajstić information content (AvgIpc) is 3.22. The number of amides is 3. The minimum atomic E-state index is -1.12. The molecule has 38 heavy (non-hydrogen) atoms. The van der Waals surface area contributed by atoms with Gasteiger partial charge in [0.05, 0.1) is 11.3 Å². The van der Waals surface area contributed by atoms with Crippen molar-refractivity contribution in [3.05, 3.63) is 95.6 Å². The SMILES string of the molecule is NC(Cc1ccc(Oc2ccc(CC3SC(=O)NC3=O)cc2)cc1)C(=O)NC(Cc1ccccc1)C(=O)O. The van der Waals surface area contributed by atoms with Crippen LogP contribution in [0.1, 0.15) is 16.7 Å². The third kappa shape index (κ3) is 7.44. The molecular formula is C28H27N3O6S. The van der Waals surface area contributed by atoms with Gasteiger partial charge in [-0.15, -0.1) is 0 Å². The lowest BCUT2D eigenvalue weighted by atomic mass is 10.0. The van der Waals surface area contributed by atoms with E-state index >= 15 is 0 Å². The monoisotopic (exact) mass is 533 g/mol. The molecule has 0 radical (unpaired) electrons. The molecule has 10 heteroatoms. The van der Waals surface area contributed by atoms with E-state index in [1.54, 1.807) is 48.5 Å². The van der Waals surface area contributed by atoms with Crippen LogP contribution in [0.5, 0.6) is 11.5 Å². The topological polar surface area (TPSA) is 148 Å². The number of ether oxygens (including phenoxy) is 1. The zero-order valence-electron chi connectivity index (χ0n) is 20.3. The van der Waals surface area contributed by atoms with E-state index in [9.17, 15) is 24.3 Å². The van der Waals surface area contributed by atoms with E-state index in [4.69, 9.17) is 10.5 Å². The van der Waals surface area contributed by atoms with Gasteiger partial charge in [-0.3, -0.25) is 19.7 Å². The zero-order chi connectivity index (χ0) is 27.1. The van der Waals surface area contributed by atoms with Crippen LogP contribution in [0.3, 0.4) is 0 Å². The predicted octanol–water partition coefficient (Wildman–Crippen LogP) is 3.05. The van der Waals surface area contributed by atoms with E-state index in [2.05, 4.69) is 10.6 Å². The number of hydrogen-bond acceptors (Lipinski definition) is 7. The molecule has 1 heterocycles. The van der Waals surface area contributed by atoms with Gasteiger partial charge in [-0.2, -0.15) is 0 Å². The van der Waals surface area contributed by atoms with Crippen molar-refractivity contribution in [1.82, 2.24) is 10.6 Å². The Bertz CT molecular complexity index is 1300. The van der Waals surface area contributed by atoms with Gasteiger partial charge in [0.15, 0.2) is 0 Å². The van der Waals surface area contributed by atoms with Crippen molar-refractivity contribution in [2.75, 3.05) is 0 Å². The minimum Gasteiger partial charge on any atom is -0.480 e. The van der Waals surface area contributed by atoms with E-state index in [-0.39, 0.29) is 24.0 Å². The molecule has 1 aliphatic heterocycles. The lowest BCUT2D eigenvalue weighted by Crippen LogP contribution is -2.50.